The molecule has 4 unspecified atom stereocenters. The van der Waals surface area contributed by atoms with Crippen molar-refractivity contribution in [2.45, 2.75) is 43.9 Å². The molecule has 0 aromatic heterocycles. The molecule has 0 rings (SSSR count). The van der Waals surface area contributed by atoms with E-state index in [1.165, 1.54) is 6.92 Å². The fourth-order valence-electron chi connectivity index (χ4n) is 1.83. The van der Waals surface area contributed by atoms with Crippen molar-refractivity contribution in [1.82, 2.24) is 16.0 Å². The van der Waals surface area contributed by atoms with Crippen molar-refractivity contribution in [2.75, 3.05) is 6.61 Å². The summed E-state index contributed by atoms with van der Waals surface area (Å²) in [5.74, 6) is -6.85. The fourth-order valence-corrected chi connectivity index (χ4v) is 1.83. The van der Waals surface area contributed by atoms with Crippen molar-refractivity contribution in [3.05, 3.63) is 0 Å². The standard InChI is InChI=1S/C14H23N5O9/c1-5(11(24)19-8(4-20)14(27)28)17-13(26)7(3-9(16)21)18-12(25)6(15)2-10(22)23/h5-8,20H,2-4,15H2,1H3,(H2,16,21)(H,17,26)(H,18,25)(H,19,24)(H,22,23)(H,27,28). The number of carbonyl (C=O) groups is 6. The second-order valence-electron chi connectivity index (χ2n) is 5.75. The van der Waals surface area contributed by atoms with Crippen LogP contribution in [-0.4, -0.2) is 81.7 Å². The zero-order chi connectivity index (χ0) is 22.0. The van der Waals surface area contributed by atoms with Crippen LogP contribution in [0.5, 0.6) is 0 Å². The molecule has 14 heteroatoms. The molecule has 14 nitrogen and oxygen atoms in total. The summed E-state index contributed by atoms with van der Waals surface area (Å²) in [6.45, 7) is 0.298. The van der Waals surface area contributed by atoms with Gasteiger partial charge in [0.1, 0.15) is 18.1 Å². The molecule has 0 aromatic rings. The summed E-state index contributed by atoms with van der Waals surface area (Å²) in [6.07, 6.45) is -1.40. The number of carbonyl (C=O) groups excluding carboxylic acids is 4. The number of aliphatic carboxylic acids is 2. The Labute approximate surface area is 158 Å². The first-order valence-electron chi connectivity index (χ1n) is 7.89. The minimum atomic E-state index is -1.60. The van der Waals surface area contributed by atoms with Crippen LogP contribution in [0.4, 0.5) is 0 Å². The highest BCUT2D eigenvalue weighted by molar-refractivity contribution is 5.96. The van der Waals surface area contributed by atoms with Gasteiger partial charge in [-0.1, -0.05) is 0 Å². The molecule has 0 bridgehead atoms. The van der Waals surface area contributed by atoms with E-state index in [-0.39, 0.29) is 0 Å². The van der Waals surface area contributed by atoms with Crippen LogP contribution >= 0.6 is 0 Å². The van der Waals surface area contributed by atoms with E-state index in [0.717, 1.165) is 0 Å². The summed E-state index contributed by atoms with van der Waals surface area (Å²) in [6, 6.07) is -5.95. The summed E-state index contributed by atoms with van der Waals surface area (Å²) in [5.41, 5.74) is 10.4. The summed E-state index contributed by atoms with van der Waals surface area (Å²) in [5, 5.41) is 32.4. The van der Waals surface area contributed by atoms with E-state index in [4.69, 9.17) is 26.8 Å². The predicted molar refractivity (Wildman–Crippen MR) is 90.2 cm³/mol. The zero-order valence-corrected chi connectivity index (χ0v) is 14.9. The maximum Gasteiger partial charge on any atom is 0.328 e. The molecule has 0 saturated heterocycles. The van der Waals surface area contributed by atoms with Crippen molar-refractivity contribution >= 4 is 35.6 Å². The lowest BCUT2D eigenvalue weighted by atomic mass is 10.1. The van der Waals surface area contributed by atoms with Crippen LogP contribution in [0.25, 0.3) is 0 Å². The Morgan fingerprint density at radius 1 is 0.857 bits per heavy atom. The molecule has 0 spiro atoms. The van der Waals surface area contributed by atoms with E-state index >= 15 is 0 Å². The van der Waals surface area contributed by atoms with E-state index < -0.39 is 79.2 Å². The van der Waals surface area contributed by atoms with Gasteiger partial charge >= 0.3 is 11.9 Å². The first-order valence-corrected chi connectivity index (χ1v) is 7.89. The van der Waals surface area contributed by atoms with Crippen LogP contribution < -0.4 is 27.4 Å². The SMILES string of the molecule is CC(NC(=O)C(CC(N)=O)NC(=O)C(N)CC(=O)O)C(=O)NC(CO)C(=O)O. The lowest BCUT2D eigenvalue weighted by Crippen LogP contribution is -2.57. The van der Waals surface area contributed by atoms with Crippen molar-refractivity contribution in [1.29, 1.82) is 0 Å². The quantitative estimate of drug-likeness (QED) is 0.154. The number of rotatable bonds is 12. The van der Waals surface area contributed by atoms with E-state index in [1.807, 2.05) is 5.32 Å². The lowest BCUT2D eigenvalue weighted by molar-refractivity contribution is -0.143. The number of aliphatic hydroxyl groups excluding tert-OH is 1. The predicted octanol–water partition coefficient (Wildman–Crippen LogP) is -4.78. The second kappa shape index (κ2) is 11.5. The molecule has 0 heterocycles. The Bertz CT molecular complexity index is 639. The highest BCUT2D eigenvalue weighted by Gasteiger charge is 2.29. The minimum Gasteiger partial charge on any atom is -0.481 e. The smallest absolute Gasteiger partial charge is 0.328 e. The van der Waals surface area contributed by atoms with Crippen LogP contribution in [0, 0.1) is 0 Å². The maximum absolute atomic E-state index is 12.2. The maximum atomic E-state index is 12.2. The number of amides is 4. The fraction of sp³-hybridized carbons (Fsp3) is 0.571. The van der Waals surface area contributed by atoms with Crippen molar-refractivity contribution in [3.8, 4) is 0 Å². The highest BCUT2D eigenvalue weighted by atomic mass is 16.4. The normalized spacial score (nSPS) is 14.7. The molecule has 4 atom stereocenters. The van der Waals surface area contributed by atoms with Crippen molar-refractivity contribution in [3.63, 3.8) is 0 Å². The molecule has 0 aliphatic heterocycles. The van der Waals surface area contributed by atoms with Gasteiger partial charge in [0.05, 0.1) is 25.5 Å². The molecule has 10 N–H and O–H groups in total. The second-order valence-corrected chi connectivity index (χ2v) is 5.75. The number of carboxylic acid groups (broad SMARTS) is 2. The van der Waals surface area contributed by atoms with Gasteiger partial charge in [0.2, 0.25) is 23.6 Å². The van der Waals surface area contributed by atoms with Gasteiger partial charge in [-0.3, -0.25) is 24.0 Å². The molecule has 0 saturated carbocycles. The van der Waals surface area contributed by atoms with Gasteiger partial charge < -0.3 is 42.7 Å². The molecule has 0 aliphatic rings. The molecule has 0 aliphatic carbocycles. The first kappa shape index (κ1) is 24.7. The van der Waals surface area contributed by atoms with Gasteiger partial charge in [-0.05, 0) is 6.92 Å². The van der Waals surface area contributed by atoms with E-state index in [2.05, 4.69) is 10.6 Å². The summed E-state index contributed by atoms with van der Waals surface area (Å²) in [4.78, 5) is 68.4. The van der Waals surface area contributed by atoms with Gasteiger partial charge in [-0.2, -0.15) is 0 Å². The molecule has 0 aromatic carbocycles. The molecule has 0 radical (unpaired) electrons. The molecular weight excluding hydrogens is 382 g/mol. The van der Waals surface area contributed by atoms with Crippen molar-refractivity contribution in [2.24, 2.45) is 11.5 Å². The first-order chi connectivity index (χ1) is 12.9. The van der Waals surface area contributed by atoms with Gasteiger partial charge in [-0.25, -0.2) is 4.79 Å². The number of aliphatic hydroxyl groups is 1. The van der Waals surface area contributed by atoms with Crippen molar-refractivity contribution < 1.29 is 44.1 Å². The van der Waals surface area contributed by atoms with Crippen LogP contribution in [-0.2, 0) is 28.8 Å². The third-order valence-corrected chi connectivity index (χ3v) is 3.32. The monoisotopic (exact) mass is 405 g/mol. The third-order valence-electron chi connectivity index (χ3n) is 3.32. The van der Waals surface area contributed by atoms with Crippen LogP contribution in [0.1, 0.15) is 19.8 Å². The number of carboxylic acids is 2. The van der Waals surface area contributed by atoms with Crippen LogP contribution in [0.15, 0.2) is 0 Å². The van der Waals surface area contributed by atoms with Gasteiger partial charge in [0.15, 0.2) is 0 Å². The highest BCUT2D eigenvalue weighted by Crippen LogP contribution is 1.98. The summed E-state index contributed by atoms with van der Waals surface area (Å²) in [7, 11) is 0. The van der Waals surface area contributed by atoms with E-state index in [0.29, 0.717) is 0 Å². The molecule has 0 fully saturated rings. The minimum absolute atomic E-state index is 0.667. The van der Waals surface area contributed by atoms with E-state index in [1.54, 1.807) is 0 Å². The number of hydrogen-bond acceptors (Lipinski definition) is 8. The van der Waals surface area contributed by atoms with Crippen LogP contribution in [0.3, 0.4) is 0 Å². The lowest BCUT2D eigenvalue weighted by Gasteiger charge is -2.22. The Kier molecular flexibility index (Phi) is 10.1. The largest absolute Gasteiger partial charge is 0.481 e. The number of primary amides is 1. The van der Waals surface area contributed by atoms with E-state index in [9.17, 15) is 28.8 Å². The zero-order valence-electron chi connectivity index (χ0n) is 14.9. The average Bonchev–Trinajstić information content (AvgIpc) is 2.57. The number of nitrogens with two attached hydrogens (primary N) is 2. The third kappa shape index (κ3) is 8.91. The molecule has 158 valence electrons. The molecule has 4 amide bonds. The summed E-state index contributed by atoms with van der Waals surface area (Å²) < 4.78 is 0. The molecule has 28 heavy (non-hydrogen) atoms. The topological polar surface area (TPSA) is 251 Å². The molecular formula is C14H23N5O9. The van der Waals surface area contributed by atoms with Gasteiger partial charge in [0, 0.05) is 0 Å². The Morgan fingerprint density at radius 2 is 1.39 bits per heavy atom. The van der Waals surface area contributed by atoms with Crippen LogP contribution in [0.2, 0.25) is 0 Å². The Hall–Kier alpha value is -3.26. The number of hydrogen-bond donors (Lipinski definition) is 8. The average molecular weight is 405 g/mol. The summed E-state index contributed by atoms with van der Waals surface area (Å²) >= 11 is 0. The number of nitrogens with one attached hydrogen (secondary N) is 3. The Morgan fingerprint density at radius 3 is 1.82 bits per heavy atom. The van der Waals surface area contributed by atoms with Gasteiger partial charge in [0.25, 0.3) is 0 Å². The Balaban J connectivity index is 5.03. The van der Waals surface area contributed by atoms with Gasteiger partial charge in [-0.15, -0.1) is 0 Å².